The molecule has 0 heterocycles. The van der Waals surface area contributed by atoms with E-state index in [0.29, 0.717) is 21.3 Å². The summed E-state index contributed by atoms with van der Waals surface area (Å²) in [5.41, 5.74) is 1.78. The molecule has 1 fully saturated rings. The molecule has 1 atom stereocenters. The summed E-state index contributed by atoms with van der Waals surface area (Å²) in [6.07, 6.45) is 4.06. The van der Waals surface area contributed by atoms with Crippen molar-refractivity contribution in [2.45, 2.75) is 50.7 Å². The van der Waals surface area contributed by atoms with Crippen molar-refractivity contribution in [3.8, 4) is 0 Å². The van der Waals surface area contributed by atoms with Gasteiger partial charge < -0.3 is 10.2 Å². The lowest BCUT2D eigenvalue weighted by molar-refractivity contribution is -0.140. The first kappa shape index (κ1) is 31.8. The summed E-state index contributed by atoms with van der Waals surface area (Å²) in [6, 6.07) is 22.0. The van der Waals surface area contributed by atoms with Crippen LogP contribution in [0.4, 0.5) is 5.69 Å². The van der Waals surface area contributed by atoms with Crippen LogP contribution in [0.3, 0.4) is 0 Å². The van der Waals surface area contributed by atoms with Crippen LogP contribution in [0.15, 0.2) is 78.9 Å². The number of hydrogen-bond acceptors (Lipinski definition) is 4. The van der Waals surface area contributed by atoms with Gasteiger partial charge in [-0.3, -0.25) is 9.59 Å². The largest absolute Gasteiger partial charge is 0.352 e. The zero-order chi connectivity index (χ0) is 30.3. The van der Waals surface area contributed by atoms with Gasteiger partial charge in [0.1, 0.15) is 12.6 Å². The molecule has 2 amide bonds. The number of para-hydroxylation sites is 1. The molecule has 1 saturated carbocycles. The molecule has 1 N–H and O–H groups in total. The fourth-order valence-corrected chi connectivity index (χ4v) is 6.59. The number of carbonyl (C=O) groups is 2. The molecule has 1 aliphatic carbocycles. The van der Waals surface area contributed by atoms with Gasteiger partial charge >= 0.3 is 10.2 Å². The van der Waals surface area contributed by atoms with E-state index in [-0.39, 0.29) is 24.9 Å². The summed E-state index contributed by atoms with van der Waals surface area (Å²) in [6.45, 7) is -0.535. The molecular formula is C31H36Cl2N4O4S. The smallest absolute Gasteiger partial charge is 0.304 e. The molecule has 0 unspecified atom stereocenters. The number of hydrogen-bond donors (Lipinski definition) is 1. The fraction of sp³-hybridized carbons (Fsp3) is 0.355. The van der Waals surface area contributed by atoms with Crippen LogP contribution in [-0.4, -0.2) is 62.2 Å². The van der Waals surface area contributed by atoms with E-state index < -0.39 is 28.7 Å². The van der Waals surface area contributed by atoms with Gasteiger partial charge in [-0.05, 0) is 48.2 Å². The van der Waals surface area contributed by atoms with Crippen LogP contribution >= 0.6 is 23.2 Å². The number of nitrogens with zero attached hydrogens (tertiary/aromatic N) is 3. The minimum Gasteiger partial charge on any atom is -0.352 e. The van der Waals surface area contributed by atoms with Crippen molar-refractivity contribution in [3.63, 3.8) is 0 Å². The molecule has 3 aromatic carbocycles. The second kappa shape index (κ2) is 14.4. The molecule has 3 aromatic rings. The normalized spacial score (nSPS) is 14.5. The molecule has 11 heteroatoms. The van der Waals surface area contributed by atoms with E-state index in [0.717, 1.165) is 39.9 Å². The van der Waals surface area contributed by atoms with Gasteiger partial charge in [0.2, 0.25) is 11.8 Å². The zero-order valence-electron chi connectivity index (χ0n) is 23.7. The molecule has 0 aromatic heterocycles. The molecule has 0 radical (unpaired) electrons. The SMILES string of the molecule is CN(C)S(=O)(=O)N(CC(=O)N(Cc1ccc(Cl)cc1Cl)[C@@H](Cc1ccccc1)C(=O)NC1CCCC1)c1ccccc1. The Morgan fingerprint density at radius 3 is 2.14 bits per heavy atom. The highest BCUT2D eigenvalue weighted by atomic mass is 35.5. The number of carbonyl (C=O) groups excluding carboxylic acids is 2. The predicted octanol–water partition coefficient (Wildman–Crippen LogP) is 5.31. The molecule has 0 spiro atoms. The maximum absolute atomic E-state index is 14.3. The van der Waals surface area contributed by atoms with Crippen LogP contribution in [-0.2, 0) is 32.8 Å². The van der Waals surface area contributed by atoms with Crippen LogP contribution in [0.2, 0.25) is 10.0 Å². The first-order chi connectivity index (χ1) is 20.1. The summed E-state index contributed by atoms with van der Waals surface area (Å²) in [5.74, 6) is -0.830. The topological polar surface area (TPSA) is 90.0 Å². The number of anilines is 1. The van der Waals surface area contributed by atoms with Crippen LogP contribution in [0.1, 0.15) is 36.8 Å². The Morgan fingerprint density at radius 1 is 0.929 bits per heavy atom. The molecule has 224 valence electrons. The second-order valence-corrected chi connectivity index (χ2v) is 13.5. The van der Waals surface area contributed by atoms with Gasteiger partial charge in [-0.25, -0.2) is 4.31 Å². The minimum atomic E-state index is -4.06. The molecule has 42 heavy (non-hydrogen) atoms. The number of halogens is 2. The monoisotopic (exact) mass is 630 g/mol. The van der Waals surface area contributed by atoms with Crippen molar-refractivity contribution in [1.82, 2.24) is 14.5 Å². The molecule has 0 aliphatic heterocycles. The quantitative estimate of drug-likeness (QED) is 0.294. The Bertz CT molecular complexity index is 1470. The van der Waals surface area contributed by atoms with Crippen molar-refractivity contribution >= 4 is 50.9 Å². The highest BCUT2D eigenvalue weighted by Crippen LogP contribution is 2.26. The molecule has 4 rings (SSSR count). The van der Waals surface area contributed by atoms with Crippen LogP contribution in [0.25, 0.3) is 0 Å². The summed E-state index contributed by atoms with van der Waals surface area (Å²) < 4.78 is 29.0. The van der Waals surface area contributed by atoms with Crippen LogP contribution < -0.4 is 9.62 Å². The third-order valence-corrected chi connectivity index (χ3v) is 9.80. The zero-order valence-corrected chi connectivity index (χ0v) is 26.1. The van der Waals surface area contributed by atoms with E-state index in [1.165, 1.54) is 19.0 Å². The fourth-order valence-electron chi connectivity index (χ4n) is 5.07. The third-order valence-electron chi connectivity index (χ3n) is 7.39. The summed E-state index contributed by atoms with van der Waals surface area (Å²) in [7, 11) is -1.23. The van der Waals surface area contributed by atoms with E-state index in [4.69, 9.17) is 23.2 Å². The minimum absolute atomic E-state index is 0.0188. The number of benzene rings is 3. The molecule has 0 bridgehead atoms. The van der Waals surface area contributed by atoms with E-state index in [1.54, 1.807) is 48.5 Å². The van der Waals surface area contributed by atoms with Gasteiger partial charge in [-0.1, -0.05) is 90.6 Å². The van der Waals surface area contributed by atoms with Crippen molar-refractivity contribution in [1.29, 1.82) is 0 Å². The van der Waals surface area contributed by atoms with Crippen molar-refractivity contribution in [2.24, 2.45) is 0 Å². The van der Waals surface area contributed by atoms with Gasteiger partial charge in [-0.15, -0.1) is 0 Å². The van der Waals surface area contributed by atoms with Crippen LogP contribution in [0.5, 0.6) is 0 Å². The maximum Gasteiger partial charge on any atom is 0.304 e. The lowest BCUT2D eigenvalue weighted by Crippen LogP contribution is -2.55. The van der Waals surface area contributed by atoms with Crippen molar-refractivity contribution in [3.05, 3.63) is 100 Å². The molecule has 8 nitrogen and oxygen atoms in total. The number of nitrogens with one attached hydrogen (secondary N) is 1. The summed E-state index contributed by atoms with van der Waals surface area (Å²) >= 11 is 12.7. The maximum atomic E-state index is 14.3. The average molecular weight is 632 g/mol. The highest BCUT2D eigenvalue weighted by Gasteiger charge is 2.35. The van der Waals surface area contributed by atoms with Gasteiger partial charge in [-0.2, -0.15) is 12.7 Å². The molecular weight excluding hydrogens is 595 g/mol. The molecule has 1 aliphatic rings. The standard InChI is InChI=1S/C31H36Cl2N4O4S/c1-35(2)42(40,41)37(27-15-7-4-8-16-27)22-30(38)36(21-24-17-18-25(32)20-28(24)33)29(19-23-11-5-3-6-12-23)31(39)34-26-13-9-10-14-26/h3-8,11-12,15-18,20,26,29H,9-10,13-14,19,21-22H2,1-2H3,(H,34,39)/t29-/m0/s1. The van der Waals surface area contributed by atoms with Crippen molar-refractivity contribution in [2.75, 3.05) is 24.9 Å². The summed E-state index contributed by atoms with van der Waals surface area (Å²) in [5, 5.41) is 3.93. The Balaban J connectivity index is 1.76. The van der Waals surface area contributed by atoms with Crippen LogP contribution in [0, 0.1) is 0 Å². The van der Waals surface area contributed by atoms with Gasteiger partial charge in [0.15, 0.2) is 0 Å². The first-order valence-corrected chi connectivity index (χ1v) is 16.0. The van der Waals surface area contributed by atoms with Gasteiger partial charge in [0.25, 0.3) is 0 Å². The first-order valence-electron chi connectivity index (χ1n) is 13.9. The van der Waals surface area contributed by atoms with E-state index in [9.17, 15) is 18.0 Å². The highest BCUT2D eigenvalue weighted by molar-refractivity contribution is 7.90. The van der Waals surface area contributed by atoms with Gasteiger partial charge in [0.05, 0.1) is 5.69 Å². The Kier molecular flexibility index (Phi) is 10.9. The van der Waals surface area contributed by atoms with E-state index >= 15 is 0 Å². The van der Waals surface area contributed by atoms with Gasteiger partial charge in [0, 0.05) is 43.1 Å². The predicted molar refractivity (Wildman–Crippen MR) is 168 cm³/mol. The van der Waals surface area contributed by atoms with Crippen molar-refractivity contribution < 1.29 is 18.0 Å². The Labute approximate surface area is 258 Å². The Hall–Kier alpha value is -3.11. The Morgan fingerprint density at radius 2 is 1.55 bits per heavy atom. The number of rotatable bonds is 12. The summed E-state index contributed by atoms with van der Waals surface area (Å²) in [4.78, 5) is 29.7. The van der Waals surface area contributed by atoms with E-state index in [2.05, 4.69) is 5.32 Å². The average Bonchev–Trinajstić information content (AvgIpc) is 3.48. The van der Waals surface area contributed by atoms with E-state index in [1.807, 2.05) is 30.3 Å². The third kappa shape index (κ3) is 8.04. The molecule has 0 saturated heterocycles. The lowest BCUT2D eigenvalue weighted by atomic mass is 10.0. The lowest BCUT2D eigenvalue weighted by Gasteiger charge is -2.35. The second-order valence-electron chi connectivity index (χ2n) is 10.6. The number of amides is 2.